The molecule has 1 aromatic heterocycles. The van der Waals surface area contributed by atoms with Gasteiger partial charge in [-0.05, 0) is 25.4 Å². The van der Waals surface area contributed by atoms with E-state index in [-0.39, 0.29) is 5.28 Å². The molecule has 1 rings (SSSR count). The van der Waals surface area contributed by atoms with Crippen LogP contribution in [0, 0.1) is 0 Å². The van der Waals surface area contributed by atoms with E-state index in [0.717, 1.165) is 0 Å². The first-order valence-corrected chi connectivity index (χ1v) is 4.29. The van der Waals surface area contributed by atoms with Gasteiger partial charge >= 0.3 is 0 Å². The Bertz CT molecular complexity index is 275. The molecular formula is C7H9Cl2N3. The fraction of sp³-hybridized carbons (Fsp3) is 0.429. The van der Waals surface area contributed by atoms with Crippen LogP contribution in [0.4, 0.5) is 5.69 Å². The molecule has 0 spiro atoms. The second-order valence-electron chi connectivity index (χ2n) is 2.64. The van der Waals surface area contributed by atoms with E-state index in [9.17, 15) is 0 Å². The van der Waals surface area contributed by atoms with Gasteiger partial charge < -0.3 is 5.32 Å². The van der Waals surface area contributed by atoms with Crippen molar-refractivity contribution in [3.05, 3.63) is 16.6 Å². The van der Waals surface area contributed by atoms with Crippen LogP contribution in [0.2, 0.25) is 10.4 Å². The quantitative estimate of drug-likeness (QED) is 0.596. The van der Waals surface area contributed by atoms with Gasteiger partial charge in [0.15, 0.2) is 5.15 Å². The first kappa shape index (κ1) is 9.55. The number of hydrogen-bond donors (Lipinski definition) is 1. The second-order valence-corrected chi connectivity index (χ2v) is 3.34. The highest BCUT2D eigenvalue weighted by molar-refractivity contribution is 6.33. The third-order valence-corrected chi connectivity index (χ3v) is 1.63. The lowest BCUT2D eigenvalue weighted by atomic mass is 10.4. The fourth-order valence-corrected chi connectivity index (χ4v) is 1.11. The van der Waals surface area contributed by atoms with Crippen LogP contribution in [-0.2, 0) is 0 Å². The van der Waals surface area contributed by atoms with Crippen molar-refractivity contribution in [3.63, 3.8) is 0 Å². The predicted molar refractivity (Wildman–Crippen MR) is 50.8 cm³/mol. The predicted octanol–water partition coefficient (Wildman–Crippen LogP) is 2.60. The van der Waals surface area contributed by atoms with Gasteiger partial charge in [-0.3, -0.25) is 0 Å². The fourth-order valence-electron chi connectivity index (χ4n) is 0.749. The smallest absolute Gasteiger partial charge is 0.223 e. The summed E-state index contributed by atoms with van der Waals surface area (Å²) < 4.78 is 0. The number of aromatic nitrogens is 2. The highest BCUT2D eigenvalue weighted by Crippen LogP contribution is 2.19. The van der Waals surface area contributed by atoms with E-state index in [4.69, 9.17) is 23.2 Å². The third-order valence-electron chi connectivity index (χ3n) is 1.16. The Balaban J connectivity index is 2.86. The molecule has 0 saturated carbocycles. The number of rotatable bonds is 2. The molecule has 66 valence electrons. The maximum atomic E-state index is 5.78. The molecule has 1 heterocycles. The van der Waals surface area contributed by atoms with Crippen LogP contribution < -0.4 is 5.32 Å². The van der Waals surface area contributed by atoms with Crippen molar-refractivity contribution in [1.82, 2.24) is 9.97 Å². The summed E-state index contributed by atoms with van der Waals surface area (Å²) in [6.07, 6.45) is 1.57. The Morgan fingerprint density at radius 2 is 2.08 bits per heavy atom. The van der Waals surface area contributed by atoms with Crippen LogP contribution in [0.25, 0.3) is 0 Å². The molecule has 5 heteroatoms. The van der Waals surface area contributed by atoms with Crippen molar-refractivity contribution in [2.45, 2.75) is 19.9 Å². The van der Waals surface area contributed by atoms with Crippen LogP contribution in [0.1, 0.15) is 13.8 Å². The summed E-state index contributed by atoms with van der Waals surface area (Å²) >= 11 is 11.3. The number of nitrogens with zero attached hydrogens (tertiary/aromatic N) is 2. The minimum Gasteiger partial charge on any atom is -0.379 e. The summed E-state index contributed by atoms with van der Waals surface area (Å²) in [4.78, 5) is 7.58. The van der Waals surface area contributed by atoms with Crippen LogP contribution >= 0.6 is 23.2 Å². The summed E-state index contributed by atoms with van der Waals surface area (Å²) in [5.41, 5.74) is 0.705. The van der Waals surface area contributed by atoms with Gasteiger partial charge in [0.05, 0.1) is 11.9 Å². The summed E-state index contributed by atoms with van der Waals surface area (Å²) in [6.45, 7) is 4.01. The van der Waals surface area contributed by atoms with E-state index in [1.54, 1.807) is 6.20 Å². The van der Waals surface area contributed by atoms with E-state index in [1.165, 1.54) is 0 Å². The second kappa shape index (κ2) is 3.92. The Morgan fingerprint density at radius 3 is 2.58 bits per heavy atom. The minimum absolute atomic E-state index is 0.161. The van der Waals surface area contributed by atoms with Crippen molar-refractivity contribution in [1.29, 1.82) is 0 Å². The van der Waals surface area contributed by atoms with Gasteiger partial charge in [0, 0.05) is 6.04 Å². The lowest BCUT2D eigenvalue weighted by Gasteiger charge is -2.09. The lowest BCUT2D eigenvalue weighted by molar-refractivity contribution is 0.894. The van der Waals surface area contributed by atoms with Crippen LogP contribution in [-0.4, -0.2) is 16.0 Å². The molecule has 0 fully saturated rings. The molecule has 1 aromatic rings. The largest absolute Gasteiger partial charge is 0.379 e. The van der Waals surface area contributed by atoms with E-state index < -0.39 is 0 Å². The summed E-state index contributed by atoms with van der Waals surface area (Å²) in [5, 5.41) is 3.60. The molecule has 0 bridgehead atoms. The van der Waals surface area contributed by atoms with E-state index in [2.05, 4.69) is 15.3 Å². The van der Waals surface area contributed by atoms with Crippen molar-refractivity contribution < 1.29 is 0 Å². The molecule has 0 aliphatic rings. The van der Waals surface area contributed by atoms with Crippen molar-refractivity contribution in [2.75, 3.05) is 5.32 Å². The van der Waals surface area contributed by atoms with E-state index in [0.29, 0.717) is 16.9 Å². The van der Waals surface area contributed by atoms with Crippen LogP contribution in [0.3, 0.4) is 0 Å². The molecule has 0 aromatic carbocycles. The normalized spacial score (nSPS) is 10.4. The standard InChI is InChI=1S/C7H9Cl2N3/c1-4(2)11-5-3-10-7(9)12-6(5)8/h3-4,11H,1-2H3. The Morgan fingerprint density at radius 1 is 1.42 bits per heavy atom. The molecule has 0 amide bonds. The molecule has 0 radical (unpaired) electrons. The summed E-state index contributed by atoms with van der Waals surface area (Å²) in [7, 11) is 0. The van der Waals surface area contributed by atoms with Gasteiger partial charge in [-0.2, -0.15) is 0 Å². The number of anilines is 1. The van der Waals surface area contributed by atoms with Crippen LogP contribution in [0.5, 0.6) is 0 Å². The van der Waals surface area contributed by atoms with E-state index >= 15 is 0 Å². The Labute approximate surface area is 81.1 Å². The van der Waals surface area contributed by atoms with Gasteiger partial charge in [-0.25, -0.2) is 9.97 Å². The minimum atomic E-state index is 0.161. The van der Waals surface area contributed by atoms with Crippen molar-refractivity contribution in [3.8, 4) is 0 Å². The monoisotopic (exact) mass is 205 g/mol. The highest BCUT2D eigenvalue weighted by Gasteiger charge is 2.03. The van der Waals surface area contributed by atoms with Crippen molar-refractivity contribution >= 4 is 28.9 Å². The van der Waals surface area contributed by atoms with Gasteiger partial charge in [0.2, 0.25) is 5.28 Å². The molecular weight excluding hydrogens is 197 g/mol. The summed E-state index contributed by atoms with van der Waals surface area (Å²) in [5.74, 6) is 0. The molecule has 1 N–H and O–H groups in total. The molecule has 0 atom stereocenters. The SMILES string of the molecule is CC(C)Nc1cnc(Cl)nc1Cl. The highest BCUT2D eigenvalue weighted by atomic mass is 35.5. The molecule has 0 aliphatic heterocycles. The van der Waals surface area contributed by atoms with Gasteiger partial charge in [0.25, 0.3) is 0 Å². The Hall–Kier alpha value is -0.540. The lowest BCUT2D eigenvalue weighted by Crippen LogP contribution is -2.10. The summed E-state index contributed by atoms with van der Waals surface area (Å²) in [6, 6.07) is 0.298. The third kappa shape index (κ3) is 2.50. The average molecular weight is 206 g/mol. The maximum absolute atomic E-state index is 5.78. The molecule has 0 aliphatic carbocycles. The average Bonchev–Trinajstić information content (AvgIpc) is 1.94. The first-order valence-electron chi connectivity index (χ1n) is 3.54. The zero-order chi connectivity index (χ0) is 9.14. The van der Waals surface area contributed by atoms with Gasteiger partial charge in [-0.15, -0.1) is 0 Å². The van der Waals surface area contributed by atoms with E-state index in [1.807, 2.05) is 13.8 Å². The van der Waals surface area contributed by atoms with Gasteiger partial charge in [0.1, 0.15) is 0 Å². The van der Waals surface area contributed by atoms with Crippen LogP contribution in [0.15, 0.2) is 6.20 Å². The molecule has 0 saturated heterocycles. The number of halogens is 2. The maximum Gasteiger partial charge on any atom is 0.223 e. The van der Waals surface area contributed by atoms with Crippen molar-refractivity contribution in [2.24, 2.45) is 0 Å². The molecule has 3 nitrogen and oxygen atoms in total. The molecule has 12 heavy (non-hydrogen) atoms. The zero-order valence-electron chi connectivity index (χ0n) is 6.81. The number of hydrogen-bond acceptors (Lipinski definition) is 3. The number of nitrogens with one attached hydrogen (secondary N) is 1. The Kier molecular flexibility index (Phi) is 3.12. The zero-order valence-corrected chi connectivity index (χ0v) is 8.32. The topological polar surface area (TPSA) is 37.8 Å². The molecule has 0 unspecified atom stereocenters. The van der Waals surface area contributed by atoms with Gasteiger partial charge in [-0.1, -0.05) is 11.6 Å². The first-order chi connectivity index (χ1) is 5.59.